The first-order valence-electron chi connectivity index (χ1n) is 6.28. The minimum atomic E-state index is -0.358. The SMILES string of the molecule is O=C(NCC[C@@H]1CCCN1)Nc1cccc(F)c1. The summed E-state index contributed by atoms with van der Waals surface area (Å²) in [5.74, 6) is -0.358. The van der Waals surface area contributed by atoms with E-state index < -0.39 is 0 Å². The normalized spacial score (nSPS) is 18.6. The molecule has 0 spiro atoms. The van der Waals surface area contributed by atoms with Crippen LogP contribution < -0.4 is 16.0 Å². The summed E-state index contributed by atoms with van der Waals surface area (Å²) in [6.07, 6.45) is 3.31. The number of halogens is 1. The first kappa shape index (κ1) is 12.8. The molecule has 0 saturated carbocycles. The molecule has 1 aliphatic rings. The Bertz CT molecular complexity index is 405. The number of nitrogens with one attached hydrogen (secondary N) is 3. The van der Waals surface area contributed by atoms with Crippen molar-refractivity contribution in [3.8, 4) is 0 Å². The third-order valence-corrected chi connectivity index (χ3v) is 3.02. The largest absolute Gasteiger partial charge is 0.338 e. The Morgan fingerprint density at radius 2 is 2.39 bits per heavy atom. The number of carbonyl (C=O) groups excluding carboxylic acids is 1. The van der Waals surface area contributed by atoms with Crippen molar-refractivity contribution in [1.29, 1.82) is 0 Å². The van der Waals surface area contributed by atoms with Crippen molar-refractivity contribution in [2.75, 3.05) is 18.4 Å². The number of hydrogen-bond donors (Lipinski definition) is 3. The van der Waals surface area contributed by atoms with Gasteiger partial charge in [-0.15, -0.1) is 0 Å². The zero-order valence-electron chi connectivity index (χ0n) is 10.2. The van der Waals surface area contributed by atoms with Crippen LogP contribution in [0, 0.1) is 5.82 Å². The van der Waals surface area contributed by atoms with Crippen molar-refractivity contribution < 1.29 is 9.18 Å². The summed E-state index contributed by atoms with van der Waals surface area (Å²) < 4.78 is 12.9. The fraction of sp³-hybridized carbons (Fsp3) is 0.462. The summed E-state index contributed by atoms with van der Waals surface area (Å²) in [7, 11) is 0. The first-order chi connectivity index (χ1) is 8.74. The Kier molecular flexibility index (Phi) is 4.52. The van der Waals surface area contributed by atoms with Crippen molar-refractivity contribution in [3.05, 3.63) is 30.1 Å². The molecule has 2 rings (SSSR count). The minimum Gasteiger partial charge on any atom is -0.338 e. The fourth-order valence-electron chi connectivity index (χ4n) is 2.10. The van der Waals surface area contributed by atoms with E-state index in [2.05, 4.69) is 16.0 Å². The Morgan fingerprint density at radius 1 is 1.50 bits per heavy atom. The molecule has 1 heterocycles. The standard InChI is InChI=1S/C13H18FN3O/c14-10-3-1-4-12(9-10)17-13(18)16-8-6-11-5-2-7-15-11/h1,3-4,9,11,15H,2,5-8H2,(H2,16,17,18)/t11-/m0/s1. The van der Waals surface area contributed by atoms with E-state index in [0.717, 1.165) is 13.0 Å². The molecule has 0 radical (unpaired) electrons. The number of hydrogen-bond acceptors (Lipinski definition) is 2. The number of anilines is 1. The van der Waals surface area contributed by atoms with Crippen molar-refractivity contribution in [2.24, 2.45) is 0 Å². The number of benzene rings is 1. The monoisotopic (exact) mass is 251 g/mol. The highest BCUT2D eigenvalue weighted by molar-refractivity contribution is 5.89. The average Bonchev–Trinajstić information content (AvgIpc) is 2.82. The molecular weight excluding hydrogens is 233 g/mol. The smallest absolute Gasteiger partial charge is 0.319 e. The lowest BCUT2D eigenvalue weighted by Gasteiger charge is -2.11. The molecule has 3 N–H and O–H groups in total. The van der Waals surface area contributed by atoms with E-state index >= 15 is 0 Å². The van der Waals surface area contributed by atoms with Crippen LogP contribution in [-0.4, -0.2) is 25.2 Å². The zero-order valence-corrected chi connectivity index (χ0v) is 10.2. The number of carbonyl (C=O) groups is 1. The molecule has 0 unspecified atom stereocenters. The van der Waals surface area contributed by atoms with Gasteiger partial charge in [0.1, 0.15) is 5.82 Å². The van der Waals surface area contributed by atoms with Crippen LogP contribution in [0.1, 0.15) is 19.3 Å². The third-order valence-electron chi connectivity index (χ3n) is 3.02. The molecule has 0 aromatic heterocycles. The Hall–Kier alpha value is -1.62. The molecule has 1 aromatic carbocycles. The Balaban J connectivity index is 1.68. The lowest BCUT2D eigenvalue weighted by Crippen LogP contribution is -2.33. The molecular formula is C13H18FN3O. The van der Waals surface area contributed by atoms with Crippen LogP contribution in [0.25, 0.3) is 0 Å². The molecule has 5 heteroatoms. The lowest BCUT2D eigenvalue weighted by molar-refractivity contribution is 0.251. The second-order valence-corrected chi connectivity index (χ2v) is 4.47. The summed E-state index contributed by atoms with van der Waals surface area (Å²) >= 11 is 0. The summed E-state index contributed by atoms with van der Waals surface area (Å²) in [6, 6.07) is 6.07. The maximum absolute atomic E-state index is 12.9. The van der Waals surface area contributed by atoms with Crippen LogP contribution >= 0.6 is 0 Å². The van der Waals surface area contributed by atoms with E-state index in [4.69, 9.17) is 0 Å². The highest BCUT2D eigenvalue weighted by Crippen LogP contribution is 2.09. The molecule has 0 aliphatic carbocycles. The second-order valence-electron chi connectivity index (χ2n) is 4.47. The van der Waals surface area contributed by atoms with Gasteiger partial charge in [0.2, 0.25) is 0 Å². The fourth-order valence-corrected chi connectivity index (χ4v) is 2.10. The molecule has 1 atom stereocenters. The molecule has 1 fully saturated rings. The third kappa shape index (κ3) is 4.00. The molecule has 2 amide bonds. The van der Waals surface area contributed by atoms with Crippen molar-refractivity contribution >= 4 is 11.7 Å². The molecule has 1 aliphatic heterocycles. The molecule has 18 heavy (non-hydrogen) atoms. The van der Waals surface area contributed by atoms with E-state index in [1.165, 1.54) is 25.0 Å². The molecule has 0 bridgehead atoms. The molecule has 1 aromatic rings. The van der Waals surface area contributed by atoms with E-state index in [0.29, 0.717) is 18.3 Å². The quantitative estimate of drug-likeness (QED) is 0.767. The van der Waals surface area contributed by atoms with Crippen LogP contribution in [-0.2, 0) is 0 Å². The van der Waals surface area contributed by atoms with Gasteiger partial charge in [-0.05, 0) is 44.0 Å². The molecule has 98 valence electrons. The predicted octanol–water partition coefficient (Wildman–Crippen LogP) is 2.09. The van der Waals surface area contributed by atoms with Gasteiger partial charge in [-0.25, -0.2) is 9.18 Å². The van der Waals surface area contributed by atoms with Gasteiger partial charge in [0.25, 0.3) is 0 Å². The van der Waals surface area contributed by atoms with Crippen LogP contribution in [0.3, 0.4) is 0 Å². The second kappa shape index (κ2) is 6.35. The zero-order chi connectivity index (χ0) is 12.8. The molecule has 1 saturated heterocycles. The Morgan fingerprint density at radius 3 is 3.11 bits per heavy atom. The number of amides is 2. The highest BCUT2D eigenvalue weighted by Gasteiger charge is 2.13. The van der Waals surface area contributed by atoms with Gasteiger partial charge in [0, 0.05) is 18.3 Å². The minimum absolute atomic E-state index is 0.293. The summed E-state index contributed by atoms with van der Waals surface area (Å²) in [5.41, 5.74) is 0.464. The first-order valence-corrected chi connectivity index (χ1v) is 6.28. The van der Waals surface area contributed by atoms with Gasteiger partial charge >= 0.3 is 6.03 Å². The van der Waals surface area contributed by atoms with Crippen LogP contribution in [0.4, 0.5) is 14.9 Å². The van der Waals surface area contributed by atoms with Crippen LogP contribution in [0.5, 0.6) is 0 Å². The maximum Gasteiger partial charge on any atom is 0.319 e. The predicted molar refractivity (Wildman–Crippen MR) is 69.1 cm³/mol. The lowest BCUT2D eigenvalue weighted by atomic mass is 10.1. The summed E-state index contributed by atoms with van der Waals surface area (Å²) in [6.45, 7) is 1.69. The number of urea groups is 1. The van der Waals surface area contributed by atoms with Crippen molar-refractivity contribution in [1.82, 2.24) is 10.6 Å². The van der Waals surface area contributed by atoms with Gasteiger partial charge in [-0.3, -0.25) is 0 Å². The van der Waals surface area contributed by atoms with Gasteiger partial charge in [0.15, 0.2) is 0 Å². The van der Waals surface area contributed by atoms with Crippen molar-refractivity contribution in [2.45, 2.75) is 25.3 Å². The topological polar surface area (TPSA) is 53.2 Å². The van der Waals surface area contributed by atoms with E-state index in [1.54, 1.807) is 12.1 Å². The van der Waals surface area contributed by atoms with Gasteiger partial charge in [0.05, 0.1) is 0 Å². The van der Waals surface area contributed by atoms with E-state index in [-0.39, 0.29) is 11.8 Å². The maximum atomic E-state index is 12.9. The van der Waals surface area contributed by atoms with Gasteiger partial charge in [-0.1, -0.05) is 6.07 Å². The van der Waals surface area contributed by atoms with Gasteiger partial charge in [-0.2, -0.15) is 0 Å². The Labute approximate surface area is 106 Å². The van der Waals surface area contributed by atoms with E-state index in [1.807, 2.05) is 0 Å². The highest BCUT2D eigenvalue weighted by atomic mass is 19.1. The van der Waals surface area contributed by atoms with Crippen LogP contribution in [0.2, 0.25) is 0 Å². The van der Waals surface area contributed by atoms with Crippen molar-refractivity contribution in [3.63, 3.8) is 0 Å². The molecule has 4 nitrogen and oxygen atoms in total. The van der Waals surface area contributed by atoms with Crippen LogP contribution in [0.15, 0.2) is 24.3 Å². The average molecular weight is 251 g/mol. The summed E-state index contributed by atoms with van der Waals surface area (Å²) in [4.78, 5) is 11.5. The number of rotatable bonds is 4. The summed E-state index contributed by atoms with van der Waals surface area (Å²) in [5, 5.41) is 8.73. The van der Waals surface area contributed by atoms with E-state index in [9.17, 15) is 9.18 Å². The van der Waals surface area contributed by atoms with Gasteiger partial charge < -0.3 is 16.0 Å².